The van der Waals surface area contributed by atoms with E-state index in [0.717, 1.165) is 30.2 Å². The lowest BCUT2D eigenvalue weighted by Crippen LogP contribution is -2.16. The number of hydrogen-bond acceptors (Lipinski definition) is 4. The van der Waals surface area contributed by atoms with Crippen LogP contribution >= 0.6 is 11.8 Å². The Morgan fingerprint density at radius 1 is 1.55 bits per heavy atom. The predicted molar refractivity (Wildman–Crippen MR) is 74.2 cm³/mol. The van der Waals surface area contributed by atoms with Crippen LogP contribution in [0, 0.1) is 5.82 Å². The number of H-pyrrole nitrogens is 1. The smallest absolute Gasteiger partial charge is 0.324 e. The highest BCUT2D eigenvalue weighted by atomic mass is 32.2. The lowest BCUT2D eigenvalue weighted by atomic mass is 10.1. The minimum atomic E-state index is -0.345. The first kappa shape index (κ1) is 13.4. The first-order valence-corrected chi connectivity index (χ1v) is 7.27. The summed E-state index contributed by atoms with van der Waals surface area (Å²) in [5.74, 6) is -0.345. The van der Waals surface area contributed by atoms with Gasteiger partial charge in [0.25, 0.3) is 0 Å². The molecule has 5 nitrogen and oxygen atoms in total. The molecule has 0 saturated heterocycles. The Labute approximate surface area is 119 Å². The van der Waals surface area contributed by atoms with E-state index in [-0.39, 0.29) is 23.6 Å². The maximum absolute atomic E-state index is 14.0. The van der Waals surface area contributed by atoms with E-state index in [4.69, 9.17) is 5.73 Å². The third-order valence-electron chi connectivity index (χ3n) is 3.27. The molecule has 0 spiro atoms. The number of rotatable bonds is 4. The zero-order chi connectivity index (χ0) is 14.3. The van der Waals surface area contributed by atoms with Crippen LogP contribution in [0.5, 0.6) is 0 Å². The van der Waals surface area contributed by atoms with Crippen molar-refractivity contribution in [2.75, 3.05) is 0 Å². The third kappa shape index (κ3) is 2.51. The summed E-state index contributed by atoms with van der Waals surface area (Å²) in [6, 6.07) is 4.89. The lowest BCUT2D eigenvalue weighted by molar-refractivity contribution is 0.594. The molecule has 106 valence electrons. The van der Waals surface area contributed by atoms with E-state index >= 15 is 0 Å². The quantitative estimate of drug-likeness (QED) is 0.906. The fourth-order valence-electron chi connectivity index (χ4n) is 2.00. The Kier molecular flexibility index (Phi) is 3.39. The third-order valence-corrected chi connectivity index (χ3v) is 4.29. The van der Waals surface area contributed by atoms with Gasteiger partial charge >= 0.3 is 5.69 Å². The van der Waals surface area contributed by atoms with Gasteiger partial charge in [-0.05, 0) is 49.2 Å². The van der Waals surface area contributed by atoms with Crippen molar-refractivity contribution in [1.82, 2.24) is 14.8 Å². The van der Waals surface area contributed by atoms with E-state index < -0.39 is 0 Å². The fourth-order valence-corrected chi connectivity index (χ4v) is 2.91. The molecule has 2 aromatic rings. The molecule has 1 aliphatic carbocycles. The lowest BCUT2D eigenvalue weighted by Gasteiger charge is -2.08. The molecule has 3 rings (SSSR count). The number of aromatic amines is 1. The second-order valence-electron chi connectivity index (χ2n) is 4.99. The van der Waals surface area contributed by atoms with Crippen LogP contribution in [-0.4, -0.2) is 14.8 Å². The molecule has 1 aromatic heterocycles. The van der Waals surface area contributed by atoms with Gasteiger partial charge in [0, 0.05) is 12.1 Å². The number of aromatic nitrogens is 3. The van der Waals surface area contributed by atoms with Crippen LogP contribution in [0.1, 0.15) is 37.4 Å². The maximum Gasteiger partial charge on any atom is 0.344 e. The topological polar surface area (TPSA) is 76.7 Å². The predicted octanol–water partition coefficient (Wildman–Crippen LogP) is 2.22. The minimum Gasteiger partial charge on any atom is -0.324 e. The van der Waals surface area contributed by atoms with Crippen molar-refractivity contribution < 1.29 is 4.39 Å². The Morgan fingerprint density at radius 3 is 2.90 bits per heavy atom. The van der Waals surface area contributed by atoms with Crippen molar-refractivity contribution in [3.8, 4) is 0 Å². The van der Waals surface area contributed by atoms with Crippen molar-refractivity contribution in [3.05, 3.63) is 40.1 Å². The van der Waals surface area contributed by atoms with E-state index in [9.17, 15) is 9.18 Å². The summed E-state index contributed by atoms with van der Waals surface area (Å²) < 4.78 is 15.7. The molecular weight excluding hydrogens is 279 g/mol. The number of nitrogens with two attached hydrogens (primary N) is 1. The van der Waals surface area contributed by atoms with Crippen LogP contribution in [0.25, 0.3) is 0 Å². The molecule has 3 N–H and O–H groups in total. The fraction of sp³-hybridized carbons (Fsp3) is 0.385. The van der Waals surface area contributed by atoms with Crippen LogP contribution in [0.3, 0.4) is 0 Å². The molecule has 1 fully saturated rings. The highest BCUT2D eigenvalue weighted by Gasteiger charge is 2.29. The standard InChI is InChI=1S/C13H15FN4OS/c1-7(15)8-2-5-11(10(14)6-8)20-13-17-16-12(19)18(13)9-3-4-9/h2,5-7,9H,3-4,15H2,1H3,(H,16,19). The van der Waals surface area contributed by atoms with Gasteiger partial charge in [0.05, 0.1) is 4.90 Å². The van der Waals surface area contributed by atoms with Crippen LogP contribution in [0.15, 0.2) is 33.0 Å². The molecule has 20 heavy (non-hydrogen) atoms. The average molecular weight is 294 g/mol. The van der Waals surface area contributed by atoms with Crippen molar-refractivity contribution in [3.63, 3.8) is 0 Å². The van der Waals surface area contributed by atoms with Gasteiger partial charge in [-0.3, -0.25) is 4.57 Å². The Bertz CT molecular complexity index is 690. The highest BCUT2D eigenvalue weighted by molar-refractivity contribution is 7.99. The average Bonchev–Trinajstić information content (AvgIpc) is 3.17. The summed E-state index contributed by atoms with van der Waals surface area (Å²) in [7, 11) is 0. The summed E-state index contributed by atoms with van der Waals surface area (Å²) in [6.45, 7) is 1.81. The second kappa shape index (κ2) is 5.06. The molecular formula is C13H15FN4OS. The summed E-state index contributed by atoms with van der Waals surface area (Å²) in [5, 5.41) is 6.89. The van der Waals surface area contributed by atoms with Gasteiger partial charge in [0.1, 0.15) is 5.82 Å². The first-order chi connectivity index (χ1) is 9.56. The number of halogens is 1. The molecule has 1 saturated carbocycles. The van der Waals surface area contributed by atoms with Crippen LogP contribution < -0.4 is 11.4 Å². The molecule has 1 aromatic carbocycles. The number of hydrogen-bond donors (Lipinski definition) is 2. The zero-order valence-electron chi connectivity index (χ0n) is 11.0. The van der Waals surface area contributed by atoms with Gasteiger partial charge < -0.3 is 5.73 Å². The van der Waals surface area contributed by atoms with Crippen LogP contribution in [0.4, 0.5) is 4.39 Å². The summed E-state index contributed by atoms with van der Waals surface area (Å²) >= 11 is 1.16. The minimum absolute atomic E-state index is 0.204. The molecule has 0 bridgehead atoms. The van der Waals surface area contributed by atoms with Crippen molar-refractivity contribution >= 4 is 11.8 Å². The van der Waals surface area contributed by atoms with Gasteiger partial charge in [-0.2, -0.15) is 0 Å². The second-order valence-corrected chi connectivity index (χ2v) is 6.00. The van der Waals surface area contributed by atoms with E-state index in [0.29, 0.717) is 10.1 Å². The number of benzene rings is 1. The monoisotopic (exact) mass is 294 g/mol. The van der Waals surface area contributed by atoms with Gasteiger partial charge in [-0.15, -0.1) is 5.10 Å². The number of nitrogens with one attached hydrogen (secondary N) is 1. The summed E-state index contributed by atoms with van der Waals surface area (Å²) in [5.41, 5.74) is 6.23. The Balaban J connectivity index is 1.90. The molecule has 1 unspecified atom stereocenters. The van der Waals surface area contributed by atoms with Crippen LogP contribution in [0.2, 0.25) is 0 Å². The van der Waals surface area contributed by atoms with Crippen LogP contribution in [-0.2, 0) is 0 Å². The summed E-state index contributed by atoms with van der Waals surface area (Å²) in [6.07, 6.45) is 1.94. The first-order valence-electron chi connectivity index (χ1n) is 6.46. The number of nitrogens with zero attached hydrogens (tertiary/aromatic N) is 2. The van der Waals surface area contributed by atoms with Gasteiger partial charge in [-0.1, -0.05) is 6.07 Å². The van der Waals surface area contributed by atoms with Gasteiger partial charge in [-0.25, -0.2) is 14.3 Å². The molecule has 1 aliphatic rings. The Hall–Kier alpha value is -1.60. The molecule has 1 heterocycles. The normalized spacial score (nSPS) is 16.4. The molecule has 0 aliphatic heterocycles. The molecule has 1 atom stereocenters. The van der Waals surface area contributed by atoms with E-state index in [1.165, 1.54) is 6.07 Å². The van der Waals surface area contributed by atoms with Crippen molar-refractivity contribution in [1.29, 1.82) is 0 Å². The van der Waals surface area contributed by atoms with E-state index in [1.54, 1.807) is 23.6 Å². The highest BCUT2D eigenvalue weighted by Crippen LogP contribution is 2.38. The van der Waals surface area contributed by atoms with Gasteiger partial charge in [0.2, 0.25) is 0 Å². The van der Waals surface area contributed by atoms with Gasteiger partial charge in [0.15, 0.2) is 5.16 Å². The Morgan fingerprint density at radius 2 is 2.30 bits per heavy atom. The zero-order valence-corrected chi connectivity index (χ0v) is 11.8. The molecule has 0 amide bonds. The van der Waals surface area contributed by atoms with Crippen molar-refractivity contribution in [2.24, 2.45) is 5.73 Å². The largest absolute Gasteiger partial charge is 0.344 e. The summed E-state index contributed by atoms with van der Waals surface area (Å²) in [4.78, 5) is 12.1. The van der Waals surface area contributed by atoms with Crippen molar-refractivity contribution in [2.45, 2.75) is 41.9 Å². The van der Waals surface area contributed by atoms with E-state index in [1.807, 2.05) is 0 Å². The maximum atomic E-state index is 14.0. The SMILES string of the molecule is CC(N)c1ccc(Sc2n[nH]c(=O)n2C2CC2)c(F)c1. The molecule has 7 heteroatoms. The molecule has 0 radical (unpaired) electrons. The van der Waals surface area contributed by atoms with E-state index in [2.05, 4.69) is 10.2 Å².